The van der Waals surface area contributed by atoms with Crippen LogP contribution in [0.4, 0.5) is 0 Å². The molecular formula is C44H80O14P2. The van der Waals surface area contributed by atoms with Crippen molar-refractivity contribution in [2.75, 3.05) is 26.4 Å². The number of carbonyl (C=O) groups excluding carboxylic acids is 2. The lowest BCUT2D eigenvalue weighted by Gasteiger charge is -2.20. The molecule has 0 saturated heterocycles. The van der Waals surface area contributed by atoms with Crippen molar-refractivity contribution in [3.63, 3.8) is 0 Å². The lowest BCUT2D eigenvalue weighted by molar-refractivity contribution is -0.161. The van der Waals surface area contributed by atoms with Crippen LogP contribution < -0.4 is 0 Å². The predicted octanol–water partition coefficient (Wildman–Crippen LogP) is 10.4. The summed E-state index contributed by atoms with van der Waals surface area (Å²) in [6.07, 6.45) is 37.3. The first-order chi connectivity index (χ1) is 28.8. The van der Waals surface area contributed by atoms with E-state index in [4.69, 9.17) is 23.8 Å². The van der Waals surface area contributed by atoms with Crippen molar-refractivity contribution >= 4 is 27.6 Å². The fourth-order valence-corrected chi connectivity index (χ4v) is 6.99. The van der Waals surface area contributed by atoms with Crippen LogP contribution in [0.5, 0.6) is 0 Å². The number of unbranched alkanes of at least 4 members (excludes halogenated alkanes) is 16. The molecule has 350 valence electrons. The van der Waals surface area contributed by atoms with Crippen molar-refractivity contribution in [1.82, 2.24) is 0 Å². The van der Waals surface area contributed by atoms with Crippen molar-refractivity contribution in [3.8, 4) is 0 Å². The van der Waals surface area contributed by atoms with Crippen LogP contribution in [-0.4, -0.2) is 81.6 Å². The fourth-order valence-electron chi connectivity index (χ4n) is 5.83. The third-order valence-electron chi connectivity index (χ3n) is 9.28. The standard InChI is InChI=1S/C44H80O14P2/c1-3-5-7-8-9-10-11-12-13-14-19-22-25-28-31-35-44(48)58-42(39-57-60(52,53)56-37-41(46)36-55-59(49,50)51)38-54-43(47)34-30-27-24-21-18-16-15-17-20-23-26-29-33-40(45)32-6-4-2/h15-16,20-21,23-24,29,33,40-42,45-46H,3-14,17-19,22,25-28,30-32,34-39H2,1-2H3,(H,52,53)(H2,49,50,51)/b16-15-,23-20-,24-21-,33-29-/t40-,41-,42+/m0/s1. The van der Waals surface area contributed by atoms with E-state index in [1.54, 1.807) is 0 Å². The van der Waals surface area contributed by atoms with Crippen LogP contribution in [0.25, 0.3) is 0 Å². The fraction of sp³-hybridized carbons (Fsp3) is 0.773. The Labute approximate surface area is 361 Å². The van der Waals surface area contributed by atoms with Gasteiger partial charge in [0, 0.05) is 12.8 Å². The molecule has 1 unspecified atom stereocenters. The zero-order valence-corrected chi connectivity index (χ0v) is 38.5. The molecule has 0 spiro atoms. The molecule has 14 nitrogen and oxygen atoms in total. The van der Waals surface area contributed by atoms with Crippen molar-refractivity contribution in [3.05, 3.63) is 48.6 Å². The minimum Gasteiger partial charge on any atom is -0.462 e. The van der Waals surface area contributed by atoms with E-state index in [1.807, 2.05) is 24.3 Å². The van der Waals surface area contributed by atoms with Crippen molar-refractivity contribution in [1.29, 1.82) is 0 Å². The Bertz CT molecular complexity index is 1270. The van der Waals surface area contributed by atoms with Crippen LogP contribution in [0, 0.1) is 0 Å². The van der Waals surface area contributed by atoms with E-state index in [9.17, 15) is 33.8 Å². The number of phosphoric acid groups is 2. The van der Waals surface area contributed by atoms with Gasteiger partial charge < -0.3 is 34.4 Å². The molecule has 0 aromatic rings. The van der Waals surface area contributed by atoms with Crippen LogP contribution in [0.3, 0.4) is 0 Å². The summed E-state index contributed by atoms with van der Waals surface area (Å²) < 4.78 is 47.7. The average Bonchev–Trinajstić information content (AvgIpc) is 3.20. The van der Waals surface area contributed by atoms with Crippen molar-refractivity contribution < 1.29 is 66.7 Å². The van der Waals surface area contributed by atoms with Gasteiger partial charge in [0.05, 0.1) is 25.9 Å². The van der Waals surface area contributed by atoms with E-state index in [0.29, 0.717) is 19.3 Å². The van der Waals surface area contributed by atoms with Gasteiger partial charge in [-0.25, -0.2) is 9.13 Å². The zero-order valence-electron chi connectivity index (χ0n) is 36.7. The monoisotopic (exact) mass is 895 g/mol. The van der Waals surface area contributed by atoms with Gasteiger partial charge in [-0.3, -0.25) is 23.2 Å². The lowest BCUT2D eigenvalue weighted by atomic mass is 10.0. The number of esters is 2. The van der Waals surface area contributed by atoms with E-state index < -0.39 is 66.2 Å². The Hall–Kier alpha value is -1.96. The topological polar surface area (TPSA) is 216 Å². The molecule has 0 bridgehead atoms. The first-order valence-electron chi connectivity index (χ1n) is 22.4. The number of aliphatic hydroxyl groups excluding tert-OH is 2. The van der Waals surface area contributed by atoms with Gasteiger partial charge in [0.1, 0.15) is 12.7 Å². The van der Waals surface area contributed by atoms with Gasteiger partial charge in [-0.1, -0.05) is 165 Å². The highest BCUT2D eigenvalue weighted by atomic mass is 31.2. The number of phosphoric ester groups is 2. The molecule has 0 fully saturated rings. The molecule has 0 aliphatic carbocycles. The maximum absolute atomic E-state index is 12.7. The third kappa shape index (κ3) is 42.7. The number of allylic oxidation sites excluding steroid dienone is 7. The van der Waals surface area contributed by atoms with E-state index in [0.717, 1.165) is 57.8 Å². The molecule has 60 heavy (non-hydrogen) atoms. The minimum absolute atomic E-state index is 0.103. The average molecular weight is 895 g/mol. The Balaban J connectivity index is 4.61. The van der Waals surface area contributed by atoms with Gasteiger partial charge >= 0.3 is 27.6 Å². The van der Waals surface area contributed by atoms with Crippen LogP contribution in [-0.2, 0) is 41.8 Å². The molecule has 0 rings (SSSR count). The molecule has 0 saturated carbocycles. The number of hydrogen-bond donors (Lipinski definition) is 5. The van der Waals surface area contributed by atoms with Crippen molar-refractivity contribution in [2.45, 2.75) is 193 Å². The van der Waals surface area contributed by atoms with Crippen LogP contribution in [0.15, 0.2) is 48.6 Å². The Kier molecular flexibility index (Phi) is 38.6. The number of aliphatic hydroxyl groups is 2. The molecule has 5 N–H and O–H groups in total. The molecule has 0 aromatic carbocycles. The molecule has 16 heteroatoms. The second-order valence-corrected chi connectivity index (χ2v) is 17.8. The zero-order chi connectivity index (χ0) is 44.6. The lowest BCUT2D eigenvalue weighted by Crippen LogP contribution is -2.30. The highest BCUT2D eigenvalue weighted by Crippen LogP contribution is 2.43. The highest BCUT2D eigenvalue weighted by Gasteiger charge is 2.28. The molecule has 0 radical (unpaired) electrons. The van der Waals surface area contributed by atoms with Gasteiger partial charge in [0.15, 0.2) is 6.10 Å². The van der Waals surface area contributed by atoms with E-state index in [-0.39, 0.29) is 18.9 Å². The summed E-state index contributed by atoms with van der Waals surface area (Å²) in [7, 11) is -9.70. The van der Waals surface area contributed by atoms with Crippen LogP contribution in [0.2, 0.25) is 0 Å². The molecule has 0 aliphatic rings. The third-order valence-corrected chi connectivity index (χ3v) is 10.7. The number of hydrogen-bond acceptors (Lipinski definition) is 11. The summed E-state index contributed by atoms with van der Waals surface area (Å²) in [5.41, 5.74) is 0. The van der Waals surface area contributed by atoms with Gasteiger partial charge in [-0.15, -0.1) is 0 Å². The maximum Gasteiger partial charge on any atom is 0.472 e. The maximum atomic E-state index is 12.7. The predicted molar refractivity (Wildman–Crippen MR) is 236 cm³/mol. The summed E-state index contributed by atoms with van der Waals surface area (Å²) in [5.74, 6) is -1.12. The van der Waals surface area contributed by atoms with Crippen molar-refractivity contribution in [2.24, 2.45) is 0 Å². The Morgan fingerprint density at radius 2 is 1.00 bits per heavy atom. The normalized spacial score (nSPS) is 15.0. The second-order valence-electron chi connectivity index (χ2n) is 15.1. The number of rotatable bonds is 42. The molecule has 0 aromatic heterocycles. The minimum atomic E-state index is -4.87. The summed E-state index contributed by atoms with van der Waals surface area (Å²) >= 11 is 0. The van der Waals surface area contributed by atoms with Crippen LogP contribution in [0.1, 0.15) is 174 Å². The number of ether oxygens (including phenoxy) is 2. The number of carbonyl (C=O) groups is 2. The Morgan fingerprint density at radius 3 is 1.55 bits per heavy atom. The van der Waals surface area contributed by atoms with Gasteiger partial charge in [0.2, 0.25) is 0 Å². The van der Waals surface area contributed by atoms with Gasteiger partial charge in [0.25, 0.3) is 0 Å². The SMILES string of the molecule is CCCCCCCCCCCCCCCCCC(=O)O[C@H](COC(=O)CCC/C=C\C/C=C\C/C=C\C/C=C\[C@@H](O)CCCC)COP(=O)(O)OC[C@@H](O)COP(=O)(O)O. The molecular weight excluding hydrogens is 814 g/mol. The molecule has 0 amide bonds. The van der Waals surface area contributed by atoms with E-state index in [1.165, 1.54) is 70.6 Å². The first-order valence-corrected chi connectivity index (χ1v) is 25.4. The largest absolute Gasteiger partial charge is 0.472 e. The summed E-state index contributed by atoms with van der Waals surface area (Å²) in [5, 5.41) is 19.6. The second kappa shape index (κ2) is 39.9. The summed E-state index contributed by atoms with van der Waals surface area (Å²) in [6, 6.07) is 0. The van der Waals surface area contributed by atoms with E-state index in [2.05, 4.69) is 47.2 Å². The molecule has 0 heterocycles. The Morgan fingerprint density at radius 1 is 0.533 bits per heavy atom. The molecule has 4 atom stereocenters. The summed E-state index contributed by atoms with van der Waals surface area (Å²) in [4.78, 5) is 52.7. The van der Waals surface area contributed by atoms with Gasteiger partial charge in [-0.2, -0.15) is 0 Å². The van der Waals surface area contributed by atoms with Crippen LogP contribution >= 0.6 is 15.6 Å². The quantitative estimate of drug-likeness (QED) is 0.0167. The highest BCUT2D eigenvalue weighted by molar-refractivity contribution is 7.47. The summed E-state index contributed by atoms with van der Waals surface area (Å²) in [6.45, 7) is 1.54. The smallest absolute Gasteiger partial charge is 0.462 e. The first kappa shape index (κ1) is 58.0. The van der Waals surface area contributed by atoms with E-state index >= 15 is 0 Å². The molecule has 0 aliphatic heterocycles. The van der Waals surface area contributed by atoms with Gasteiger partial charge in [-0.05, 0) is 44.9 Å².